The molecular formula is C12H17NO2. The van der Waals surface area contributed by atoms with Gasteiger partial charge >= 0.3 is 5.97 Å². The summed E-state index contributed by atoms with van der Waals surface area (Å²) in [5.74, 6) is -0.827. The summed E-state index contributed by atoms with van der Waals surface area (Å²) in [6.45, 7) is 6.04. The Morgan fingerprint density at radius 3 is 2.73 bits per heavy atom. The van der Waals surface area contributed by atoms with Crippen LogP contribution in [0, 0.1) is 13.8 Å². The van der Waals surface area contributed by atoms with Crippen LogP contribution in [-0.4, -0.2) is 17.6 Å². The van der Waals surface area contributed by atoms with Gasteiger partial charge in [0.25, 0.3) is 0 Å². The summed E-state index contributed by atoms with van der Waals surface area (Å²) in [5, 5.41) is 11.5. The SMILES string of the molecule is Cc1ccc(C)c(C(C)NCC(=O)O)c1. The topological polar surface area (TPSA) is 49.3 Å². The lowest BCUT2D eigenvalue weighted by Crippen LogP contribution is -2.26. The minimum atomic E-state index is -0.827. The molecule has 3 nitrogen and oxygen atoms in total. The van der Waals surface area contributed by atoms with Gasteiger partial charge in [0.05, 0.1) is 6.54 Å². The summed E-state index contributed by atoms with van der Waals surface area (Å²) in [4.78, 5) is 10.4. The Kier molecular flexibility index (Phi) is 3.86. The van der Waals surface area contributed by atoms with E-state index in [9.17, 15) is 4.79 Å². The molecule has 0 radical (unpaired) electrons. The second-order valence-electron chi connectivity index (χ2n) is 3.86. The van der Waals surface area contributed by atoms with Gasteiger partial charge in [-0.2, -0.15) is 0 Å². The number of hydrogen-bond donors (Lipinski definition) is 2. The number of benzene rings is 1. The molecule has 0 heterocycles. The number of nitrogens with one attached hydrogen (secondary N) is 1. The molecule has 0 bridgehead atoms. The van der Waals surface area contributed by atoms with Crippen LogP contribution < -0.4 is 5.32 Å². The summed E-state index contributed by atoms with van der Waals surface area (Å²) in [7, 11) is 0. The quantitative estimate of drug-likeness (QED) is 0.794. The molecule has 0 fully saturated rings. The predicted octanol–water partition coefficient (Wildman–Crippen LogP) is 2.04. The van der Waals surface area contributed by atoms with E-state index in [-0.39, 0.29) is 12.6 Å². The van der Waals surface area contributed by atoms with Crippen LogP contribution in [0.1, 0.15) is 29.7 Å². The Morgan fingerprint density at radius 2 is 2.13 bits per heavy atom. The van der Waals surface area contributed by atoms with E-state index in [0.717, 1.165) is 5.56 Å². The molecule has 0 saturated carbocycles. The first kappa shape index (κ1) is 11.7. The zero-order chi connectivity index (χ0) is 11.4. The van der Waals surface area contributed by atoms with Crippen molar-refractivity contribution in [2.45, 2.75) is 26.8 Å². The van der Waals surface area contributed by atoms with E-state index in [1.165, 1.54) is 11.1 Å². The largest absolute Gasteiger partial charge is 0.480 e. The van der Waals surface area contributed by atoms with Gasteiger partial charge in [0.1, 0.15) is 0 Å². The Labute approximate surface area is 90.1 Å². The fourth-order valence-electron chi connectivity index (χ4n) is 1.58. The van der Waals surface area contributed by atoms with Gasteiger partial charge in [0.2, 0.25) is 0 Å². The van der Waals surface area contributed by atoms with Gasteiger partial charge in [-0.25, -0.2) is 0 Å². The van der Waals surface area contributed by atoms with Gasteiger partial charge in [-0.05, 0) is 31.9 Å². The molecule has 3 heteroatoms. The fraction of sp³-hybridized carbons (Fsp3) is 0.417. The Bertz CT molecular complexity index is 361. The maximum absolute atomic E-state index is 10.4. The van der Waals surface area contributed by atoms with Crippen molar-refractivity contribution in [1.29, 1.82) is 0 Å². The molecule has 0 aliphatic heterocycles. The van der Waals surface area contributed by atoms with E-state index >= 15 is 0 Å². The second kappa shape index (κ2) is 4.94. The standard InChI is InChI=1S/C12H17NO2/c1-8-4-5-9(2)11(6-8)10(3)13-7-12(14)15/h4-6,10,13H,7H2,1-3H3,(H,14,15). The highest BCUT2D eigenvalue weighted by molar-refractivity contribution is 5.69. The third-order valence-corrected chi connectivity index (χ3v) is 2.46. The van der Waals surface area contributed by atoms with Crippen LogP contribution in [-0.2, 0) is 4.79 Å². The fourth-order valence-corrected chi connectivity index (χ4v) is 1.58. The molecule has 15 heavy (non-hydrogen) atoms. The van der Waals surface area contributed by atoms with Gasteiger partial charge in [0, 0.05) is 6.04 Å². The first-order valence-corrected chi connectivity index (χ1v) is 5.03. The van der Waals surface area contributed by atoms with Crippen molar-refractivity contribution in [3.63, 3.8) is 0 Å². The number of aliphatic carboxylic acids is 1. The lowest BCUT2D eigenvalue weighted by Gasteiger charge is -2.16. The van der Waals surface area contributed by atoms with Crippen molar-refractivity contribution in [3.8, 4) is 0 Å². The number of aryl methyl sites for hydroxylation is 2. The zero-order valence-electron chi connectivity index (χ0n) is 9.37. The van der Waals surface area contributed by atoms with E-state index in [1.54, 1.807) is 0 Å². The van der Waals surface area contributed by atoms with Crippen molar-refractivity contribution >= 4 is 5.97 Å². The molecule has 2 N–H and O–H groups in total. The highest BCUT2D eigenvalue weighted by Gasteiger charge is 2.09. The Balaban J connectivity index is 2.76. The van der Waals surface area contributed by atoms with E-state index < -0.39 is 5.97 Å². The lowest BCUT2D eigenvalue weighted by atomic mass is 10.00. The van der Waals surface area contributed by atoms with Crippen molar-refractivity contribution in [2.75, 3.05) is 6.54 Å². The molecule has 1 atom stereocenters. The molecule has 0 aromatic heterocycles. The predicted molar refractivity (Wildman–Crippen MR) is 60.0 cm³/mol. The summed E-state index contributed by atoms with van der Waals surface area (Å²) in [5.41, 5.74) is 3.54. The first-order chi connectivity index (χ1) is 7.00. The van der Waals surface area contributed by atoms with Crippen molar-refractivity contribution in [2.24, 2.45) is 0 Å². The number of hydrogen-bond acceptors (Lipinski definition) is 2. The Hall–Kier alpha value is -1.35. The van der Waals surface area contributed by atoms with Gasteiger partial charge in [0.15, 0.2) is 0 Å². The van der Waals surface area contributed by atoms with Gasteiger partial charge < -0.3 is 10.4 Å². The molecule has 0 aliphatic rings. The minimum Gasteiger partial charge on any atom is -0.480 e. The zero-order valence-corrected chi connectivity index (χ0v) is 9.37. The van der Waals surface area contributed by atoms with Crippen molar-refractivity contribution in [1.82, 2.24) is 5.32 Å². The Morgan fingerprint density at radius 1 is 1.47 bits per heavy atom. The third-order valence-electron chi connectivity index (χ3n) is 2.46. The average Bonchev–Trinajstić information content (AvgIpc) is 2.18. The van der Waals surface area contributed by atoms with Crippen molar-refractivity contribution < 1.29 is 9.90 Å². The molecule has 0 amide bonds. The van der Waals surface area contributed by atoms with Crippen LogP contribution in [0.25, 0.3) is 0 Å². The molecule has 0 spiro atoms. The lowest BCUT2D eigenvalue weighted by molar-refractivity contribution is -0.136. The van der Waals surface area contributed by atoms with Crippen LogP contribution in [0.15, 0.2) is 18.2 Å². The van der Waals surface area contributed by atoms with E-state index in [0.29, 0.717) is 0 Å². The van der Waals surface area contributed by atoms with Crippen LogP contribution in [0.3, 0.4) is 0 Å². The minimum absolute atomic E-state index is 0.00541. The van der Waals surface area contributed by atoms with Gasteiger partial charge in [-0.15, -0.1) is 0 Å². The summed E-state index contributed by atoms with van der Waals surface area (Å²) in [6.07, 6.45) is 0. The van der Waals surface area contributed by atoms with Crippen molar-refractivity contribution in [3.05, 3.63) is 34.9 Å². The summed E-state index contributed by atoms with van der Waals surface area (Å²) < 4.78 is 0. The number of rotatable bonds is 4. The average molecular weight is 207 g/mol. The van der Waals surface area contributed by atoms with Crippen LogP contribution in [0.2, 0.25) is 0 Å². The second-order valence-corrected chi connectivity index (χ2v) is 3.86. The molecule has 82 valence electrons. The van der Waals surface area contributed by atoms with Gasteiger partial charge in [-0.3, -0.25) is 4.79 Å². The molecule has 1 aromatic carbocycles. The number of carbonyl (C=O) groups is 1. The van der Waals surface area contributed by atoms with E-state index in [4.69, 9.17) is 5.11 Å². The van der Waals surface area contributed by atoms with Crippen LogP contribution in [0.4, 0.5) is 0 Å². The molecule has 1 rings (SSSR count). The summed E-state index contributed by atoms with van der Waals surface area (Å²) >= 11 is 0. The highest BCUT2D eigenvalue weighted by Crippen LogP contribution is 2.18. The normalized spacial score (nSPS) is 12.5. The van der Waals surface area contributed by atoms with Crippen LogP contribution >= 0.6 is 0 Å². The first-order valence-electron chi connectivity index (χ1n) is 5.03. The molecule has 0 saturated heterocycles. The van der Waals surface area contributed by atoms with Gasteiger partial charge in [-0.1, -0.05) is 23.8 Å². The maximum atomic E-state index is 10.4. The highest BCUT2D eigenvalue weighted by atomic mass is 16.4. The monoisotopic (exact) mass is 207 g/mol. The van der Waals surface area contributed by atoms with E-state index in [2.05, 4.69) is 23.5 Å². The third kappa shape index (κ3) is 3.36. The molecule has 1 unspecified atom stereocenters. The molecule has 0 aliphatic carbocycles. The molecule has 1 aromatic rings. The summed E-state index contributed by atoms with van der Waals surface area (Å²) in [6, 6.07) is 6.28. The van der Waals surface area contributed by atoms with Crippen LogP contribution in [0.5, 0.6) is 0 Å². The number of carboxylic acids is 1. The molecular weight excluding hydrogens is 190 g/mol. The van der Waals surface area contributed by atoms with E-state index in [1.807, 2.05) is 20.8 Å². The maximum Gasteiger partial charge on any atom is 0.317 e. The smallest absolute Gasteiger partial charge is 0.317 e. The number of carboxylic acid groups (broad SMARTS) is 1.